The molecule has 0 amide bonds. The molecule has 0 unspecified atom stereocenters. The van der Waals surface area contributed by atoms with Gasteiger partial charge < -0.3 is 10.1 Å². The van der Waals surface area contributed by atoms with Crippen LogP contribution < -0.4 is 10.1 Å². The molecule has 80 valence electrons. The van der Waals surface area contributed by atoms with E-state index in [-0.39, 0.29) is 0 Å². The number of rotatable bonds is 4. The van der Waals surface area contributed by atoms with Gasteiger partial charge in [0.15, 0.2) is 0 Å². The Hall–Kier alpha value is -2.05. The maximum Gasteiger partial charge on any atom is 0.234 e. The number of H-pyrrole nitrogens is 1. The van der Waals surface area contributed by atoms with Crippen LogP contribution in [0.4, 0.5) is 11.8 Å². The summed E-state index contributed by atoms with van der Waals surface area (Å²) in [5.41, 5.74) is 0. The molecule has 0 aliphatic carbocycles. The molecule has 2 rings (SSSR count). The SMILES string of the molecule is CCOc1cc(Nc2ncn[nH]2)n(C)n1. The summed E-state index contributed by atoms with van der Waals surface area (Å²) >= 11 is 0. The van der Waals surface area contributed by atoms with Crippen LogP contribution >= 0.6 is 0 Å². The van der Waals surface area contributed by atoms with E-state index in [0.29, 0.717) is 18.4 Å². The number of aromatic nitrogens is 5. The van der Waals surface area contributed by atoms with Crippen LogP contribution in [0.1, 0.15) is 6.92 Å². The van der Waals surface area contributed by atoms with Gasteiger partial charge in [0.05, 0.1) is 6.61 Å². The van der Waals surface area contributed by atoms with E-state index in [4.69, 9.17) is 4.74 Å². The van der Waals surface area contributed by atoms with Crippen molar-refractivity contribution in [3.63, 3.8) is 0 Å². The fourth-order valence-corrected chi connectivity index (χ4v) is 1.16. The number of hydrogen-bond donors (Lipinski definition) is 2. The Labute approximate surface area is 86.5 Å². The highest BCUT2D eigenvalue weighted by Crippen LogP contribution is 2.17. The molecule has 2 heterocycles. The van der Waals surface area contributed by atoms with Gasteiger partial charge in [-0.05, 0) is 6.92 Å². The van der Waals surface area contributed by atoms with Crippen LogP contribution in [0.5, 0.6) is 5.88 Å². The van der Waals surface area contributed by atoms with Crippen molar-refractivity contribution in [1.82, 2.24) is 25.0 Å². The lowest BCUT2D eigenvalue weighted by Gasteiger charge is -1.99. The first-order chi connectivity index (χ1) is 7.29. The molecule has 0 aromatic carbocycles. The number of aromatic amines is 1. The van der Waals surface area contributed by atoms with Gasteiger partial charge in [-0.2, -0.15) is 10.1 Å². The minimum atomic E-state index is 0.570. The normalized spacial score (nSPS) is 10.3. The van der Waals surface area contributed by atoms with Gasteiger partial charge in [-0.3, -0.25) is 0 Å². The summed E-state index contributed by atoms with van der Waals surface area (Å²) in [5.74, 6) is 1.94. The lowest BCUT2D eigenvalue weighted by molar-refractivity contribution is 0.323. The van der Waals surface area contributed by atoms with Crippen molar-refractivity contribution in [3.05, 3.63) is 12.4 Å². The van der Waals surface area contributed by atoms with Gasteiger partial charge in [-0.25, -0.2) is 9.78 Å². The summed E-state index contributed by atoms with van der Waals surface area (Å²) in [4.78, 5) is 3.95. The Morgan fingerprint density at radius 3 is 3.13 bits per heavy atom. The molecule has 0 radical (unpaired) electrons. The maximum atomic E-state index is 5.27. The third kappa shape index (κ3) is 2.06. The van der Waals surface area contributed by atoms with Crippen molar-refractivity contribution in [3.8, 4) is 5.88 Å². The number of hydrogen-bond acceptors (Lipinski definition) is 5. The van der Waals surface area contributed by atoms with Crippen LogP contribution in [0.25, 0.3) is 0 Å². The van der Waals surface area contributed by atoms with Crippen LogP contribution in [0.2, 0.25) is 0 Å². The molecule has 0 saturated carbocycles. The van der Waals surface area contributed by atoms with E-state index in [9.17, 15) is 0 Å². The van der Waals surface area contributed by atoms with Gasteiger partial charge in [-0.1, -0.05) is 0 Å². The molecule has 0 spiro atoms. The second-order valence-electron chi connectivity index (χ2n) is 2.88. The zero-order valence-electron chi connectivity index (χ0n) is 8.56. The molecule has 0 bridgehead atoms. The second kappa shape index (κ2) is 3.99. The number of ether oxygens (including phenoxy) is 1. The fourth-order valence-electron chi connectivity index (χ4n) is 1.16. The van der Waals surface area contributed by atoms with Crippen LogP contribution in [0, 0.1) is 0 Å². The first kappa shape index (κ1) is 9.50. The van der Waals surface area contributed by atoms with Crippen molar-refractivity contribution < 1.29 is 4.74 Å². The highest BCUT2D eigenvalue weighted by atomic mass is 16.5. The second-order valence-corrected chi connectivity index (χ2v) is 2.88. The summed E-state index contributed by atoms with van der Waals surface area (Å²) in [6.45, 7) is 2.51. The smallest absolute Gasteiger partial charge is 0.234 e. The van der Waals surface area contributed by atoms with Crippen LogP contribution in [-0.4, -0.2) is 31.6 Å². The molecular weight excluding hydrogens is 196 g/mol. The average molecular weight is 208 g/mol. The van der Waals surface area contributed by atoms with Gasteiger partial charge in [0.25, 0.3) is 0 Å². The van der Waals surface area contributed by atoms with Gasteiger partial charge in [0.2, 0.25) is 11.8 Å². The lowest BCUT2D eigenvalue weighted by Crippen LogP contribution is -2.00. The van der Waals surface area contributed by atoms with Crippen molar-refractivity contribution in [2.45, 2.75) is 6.92 Å². The topological polar surface area (TPSA) is 80.6 Å². The molecule has 7 nitrogen and oxygen atoms in total. The minimum Gasteiger partial charge on any atom is -0.477 e. The molecule has 0 aliphatic rings. The molecule has 2 aromatic heterocycles. The maximum absolute atomic E-state index is 5.27. The predicted molar refractivity (Wildman–Crippen MR) is 54.0 cm³/mol. The highest BCUT2D eigenvalue weighted by molar-refractivity contribution is 5.49. The Morgan fingerprint density at radius 2 is 2.47 bits per heavy atom. The van der Waals surface area contributed by atoms with Crippen LogP contribution in [-0.2, 0) is 7.05 Å². The standard InChI is InChI=1S/C8H12N6O/c1-3-15-7-4-6(14(2)13-7)11-8-9-5-10-12-8/h4-5H,3H2,1-2H3,(H2,9,10,11,12). The predicted octanol–water partition coefficient (Wildman–Crippen LogP) is 0.680. The summed E-state index contributed by atoms with van der Waals surface area (Å²) in [6, 6.07) is 1.80. The molecule has 15 heavy (non-hydrogen) atoms. The monoisotopic (exact) mass is 208 g/mol. The molecule has 2 N–H and O–H groups in total. The fraction of sp³-hybridized carbons (Fsp3) is 0.375. The zero-order valence-corrected chi connectivity index (χ0v) is 8.56. The van der Waals surface area contributed by atoms with E-state index in [1.807, 2.05) is 14.0 Å². The summed E-state index contributed by atoms with van der Waals surface area (Å²) in [6.07, 6.45) is 1.43. The van der Waals surface area contributed by atoms with Gasteiger partial charge in [-0.15, -0.1) is 5.10 Å². The molecule has 2 aromatic rings. The molecule has 7 heteroatoms. The number of aryl methyl sites for hydroxylation is 1. The molecular formula is C8H12N6O. The Balaban J connectivity index is 2.14. The first-order valence-electron chi connectivity index (χ1n) is 4.59. The van der Waals surface area contributed by atoms with Crippen LogP contribution in [0.15, 0.2) is 12.4 Å². The Morgan fingerprint density at radius 1 is 1.60 bits per heavy atom. The van der Waals surface area contributed by atoms with E-state index >= 15 is 0 Å². The minimum absolute atomic E-state index is 0.570. The van der Waals surface area contributed by atoms with Crippen molar-refractivity contribution in [1.29, 1.82) is 0 Å². The van der Waals surface area contributed by atoms with E-state index in [1.165, 1.54) is 6.33 Å². The number of nitrogens with one attached hydrogen (secondary N) is 2. The highest BCUT2D eigenvalue weighted by Gasteiger charge is 2.06. The van der Waals surface area contributed by atoms with E-state index in [2.05, 4.69) is 25.6 Å². The summed E-state index contributed by atoms with van der Waals surface area (Å²) in [7, 11) is 1.82. The van der Waals surface area contributed by atoms with Crippen molar-refractivity contribution in [2.75, 3.05) is 11.9 Å². The zero-order chi connectivity index (χ0) is 10.7. The lowest BCUT2D eigenvalue weighted by atomic mass is 10.6. The summed E-state index contributed by atoms with van der Waals surface area (Å²) in [5, 5.41) is 13.6. The third-order valence-electron chi connectivity index (χ3n) is 1.81. The van der Waals surface area contributed by atoms with Gasteiger partial charge >= 0.3 is 0 Å². The van der Waals surface area contributed by atoms with Gasteiger partial charge in [0, 0.05) is 13.1 Å². The molecule has 0 fully saturated rings. The van der Waals surface area contributed by atoms with Crippen molar-refractivity contribution in [2.24, 2.45) is 7.05 Å². The quantitative estimate of drug-likeness (QED) is 0.772. The third-order valence-corrected chi connectivity index (χ3v) is 1.81. The number of anilines is 2. The molecule has 0 atom stereocenters. The van der Waals surface area contributed by atoms with E-state index in [0.717, 1.165) is 5.82 Å². The largest absolute Gasteiger partial charge is 0.477 e. The number of nitrogens with zero attached hydrogens (tertiary/aromatic N) is 4. The van der Waals surface area contributed by atoms with Crippen molar-refractivity contribution >= 4 is 11.8 Å². The van der Waals surface area contributed by atoms with E-state index < -0.39 is 0 Å². The molecule has 0 saturated heterocycles. The first-order valence-corrected chi connectivity index (χ1v) is 4.59. The van der Waals surface area contributed by atoms with E-state index in [1.54, 1.807) is 10.7 Å². The van der Waals surface area contributed by atoms with Gasteiger partial charge in [0.1, 0.15) is 12.1 Å². The summed E-state index contributed by atoms with van der Waals surface area (Å²) < 4.78 is 6.94. The molecule has 0 aliphatic heterocycles. The average Bonchev–Trinajstić information content (AvgIpc) is 2.79. The van der Waals surface area contributed by atoms with Crippen LogP contribution in [0.3, 0.4) is 0 Å². The Bertz CT molecular complexity index is 420. The Kier molecular flexibility index (Phi) is 2.53.